The molecule has 0 radical (unpaired) electrons. The molecule has 5 rings (SSSR count). The number of piperazine rings is 1. The SMILES string of the molecule is O=C(c1nn(-c2ccncc2)c(=O)c2ccccc12)N1CCN(c2ccccc2)CC1. The summed E-state index contributed by atoms with van der Waals surface area (Å²) in [6.07, 6.45) is 3.20. The number of nitrogens with zero attached hydrogens (tertiary/aromatic N) is 5. The standard InChI is InChI=1S/C24H21N5O2/c30-23-21-9-5-4-8-20(21)22(26-29(23)19-10-12-25-13-11-19)24(31)28-16-14-27(15-17-28)18-6-2-1-3-7-18/h1-13H,14-17H2. The number of carbonyl (C=O) groups is 1. The molecule has 0 unspecified atom stereocenters. The Bertz CT molecular complexity index is 1280. The van der Waals surface area contributed by atoms with E-state index in [0.717, 1.165) is 18.8 Å². The minimum atomic E-state index is -0.257. The number of anilines is 1. The van der Waals surface area contributed by atoms with Gasteiger partial charge in [0.05, 0.1) is 11.1 Å². The number of aromatic nitrogens is 3. The van der Waals surface area contributed by atoms with Crippen molar-refractivity contribution < 1.29 is 4.79 Å². The van der Waals surface area contributed by atoms with Crippen LogP contribution in [0.1, 0.15) is 10.5 Å². The van der Waals surface area contributed by atoms with Crippen molar-refractivity contribution in [3.63, 3.8) is 0 Å². The first kappa shape index (κ1) is 19.0. The first-order valence-electron chi connectivity index (χ1n) is 10.2. The molecule has 31 heavy (non-hydrogen) atoms. The summed E-state index contributed by atoms with van der Waals surface area (Å²) < 4.78 is 1.29. The Morgan fingerprint density at radius 2 is 1.39 bits per heavy atom. The van der Waals surface area contributed by atoms with E-state index in [9.17, 15) is 9.59 Å². The van der Waals surface area contributed by atoms with Crippen LogP contribution in [0.15, 0.2) is 83.9 Å². The zero-order chi connectivity index (χ0) is 21.2. The number of carbonyl (C=O) groups excluding carboxylic acids is 1. The molecule has 154 valence electrons. The van der Waals surface area contributed by atoms with E-state index in [1.165, 1.54) is 4.68 Å². The summed E-state index contributed by atoms with van der Waals surface area (Å²) in [5.74, 6) is -0.160. The number of hydrogen-bond donors (Lipinski definition) is 0. The van der Waals surface area contributed by atoms with Gasteiger partial charge in [0.2, 0.25) is 0 Å². The average Bonchev–Trinajstić information content (AvgIpc) is 2.85. The first-order chi connectivity index (χ1) is 15.2. The van der Waals surface area contributed by atoms with E-state index in [4.69, 9.17) is 0 Å². The third-order valence-electron chi connectivity index (χ3n) is 5.60. The van der Waals surface area contributed by atoms with Crippen LogP contribution < -0.4 is 10.5 Å². The minimum absolute atomic E-state index is 0.160. The lowest BCUT2D eigenvalue weighted by atomic mass is 10.1. The molecule has 1 fully saturated rings. The maximum atomic E-state index is 13.5. The number of benzene rings is 2. The molecular formula is C24H21N5O2. The minimum Gasteiger partial charge on any atom is -0.368 e. The van der Waals surface area contributed by atoms with Crippen molar-refractivity contribution >= 4 is 22.4 Å². The molecule has 0 spiro atoms. The van der Waals surface area contributed by atoms with E-state index in [0.29, 0.717) is 35.2 Å². The van der Waals surface area contributed by atoms with E-state index < -0.39 is 0 Å². The predicted octanol–water partition coefficient (Wildman–Crippen LogP) is 2.74. The van der Waals surface area contributed by atoms with E-state index in [1.54, 1.807) is 42.7 Å². The summed E-state index contributed by atoms with van der Waals surface area (Å²) in [6, 6.07) is 20.8. The maximum absolute atomic E-state index is 13.5. The fraction of sp³-hybridized carbons (Fsp3) is 0.167. The van der Waals surface area contributed by atoms with Crippen molar-refractivity contribution in [3.8, 4) is 5.69 Å². The van der Waals surface area contributed by atoms with Crippen LogP contribution >= 0.6 is 0 Å². The summed E-state index contributed by atoms with van der Waals surface area (Å²) >= 11 is 0. The Hall–Kier alpha value is -4.00. The van der Waals surface area contributed by atoms with Crippen molar-refractivity contribution in [1.82, 2.24) is 19.7 Å². The Balaban J connectivity index is 1.49. The molecule has 0 saturated carbocycles. The lowest BCUT2D eigenvalue weighted by Crippen LogP contribution is -2.49. The van der Waals surface area contributed by atoms with Gasteiger partial charge in [-0.05, 0) is 30.3 Å². The first-order valence-corrected chi connectivity index (χ1v) is 10.2. The highest BCUT2D eigenvalue weighted by molar-refractivity contribution is 6.05. The second-order valence-electron chi connectivity index (χ2n) is 7.43. The van der Waals surface area contributed by atoms with Gasteiger partial charge in [-0.15, -0.1) is 0 Å². The third kappa shape index (κ3) is 3.54. The van der Waals surface area contributed by atoms with Crippen LogP contribution in [0.5, 0.6) is 0 Å². The molecule has 2 aromatic carbocycles. The van der Waals surface area contributed by atoms with Crippen LogP contribution in [0.4, 0.5) is 5.69 Å². The molecule has 4 aromatic rings. The lowest BCUT2D eigenvalue weighted by molar-refractivity contribution is 0.0741. The summed E-state index contributed by atoms with van der Waals surface area (Å²) in [5, 5.41) is 5.54. The summed E-state index contributed by atoms with van der Waals surface area (Å²) in [6.45, 7) is 2.69. The van der Waals surface area contributed by atoms with Gasteiger partial charge in [0.25, 0.3) is 11.5 Å². The molecule has 1 amide bonds. The van der Waals surface area contributed by atoms with Crippen LogP contribution in [-0.2, 0) is 0 Å². The molecule has 3 heterocycles. The van der Waals surface area contributed by atoms with E-state index in [1.807, 2.05) is 29.2 Å². The topological polar surface area (TPSA) is 71.3 Å². The summed E-state index contributed by atoms with van der Waals surface area (Å²) in [4.78, 5) is 34.6. The van der Waals surface area contributed by atoms with Crippen LogP contribution in [-0.4, -0.2) is 51.8 Å². The molecular weight excluding hydrogens is 390 g/mol. The van der Waals surface area contributed by atoms with Crippen molar-refractivity contribution in [2.24, 2.45) is 0 Å². The highest BCUT2D eigenvalue weighted by atomic mass is 16.2. The molecule has 0 aliphatic carbocycles. The fourth-order valence-electron chi connectivity index (χ4n) is 3.96. The highest BCUT2D eigenvalue weighted by Crippen LogP contribution is 2.20. The van der Waals surface area contributed by atoms with Gasteiger partial charge in [-0.1, -0.05) is 36.4 Å². The highest BCUT2D eigenvalue weighted by Gasteiger charge is 2.26. The Morgan fingerprint density at radius 1 is 0.742 bits per heavy atom. The van der Waals surface area contributed by atoms with Crippen molar-refractivity contribution in [1.29, 1.82) is 0 Å². The zero-order valence-corrected chi connectivity index (χ0v) is 16.9. The van der Waals surface area contributed by atoms with Gasteiger partial charge in [0.1, 0.15) is 0 Å². The summed E-state index contributed by atoms with van der Waals surface area (Å²) in [5.41, 5.74) is 1.77. The smallest absolute Gasteiger partial charge is 0.279 e. The van der Waals surface area contributed by atoms with Gasteiger partial charge >= 0.3 is 0 Å². The molecule has 0 atom stereocenters. The Morgan fingerprint density at radius 3 is 2.10 bits per heavy atom. The van der Waals surface area contributed by atoms with E-state index in [-0.39, 0.29) is 11.5 Å². The van der Waals surface area contributed by atoms with Crippen LogP contribution in [0.2, 0.25) is 0 Å². The number of para-hydroxylation sites is 1. The average molecular weight is 411 g/mol. The Labute approximate surface area is 179 Å². The maximum Gasteiger partial charge on any atom is 0.279 e. The number of fused-ring (bicyclic) bond motifs is 1. The molecule has 1 saturated heterocycles. The van der Waals surface area contributed by atoms with Crippen LogP contribution in [0.3, 0.4) is 0 Å². The van der Waals surface area contributed by atoms with Crippen molar-refractivity contribution in [3.05, 3.63) is 95.2 Å². The van der Waals surface area contributed by atoms with Crippen LogP contribution in [0.25, 0.3) is 16.5 Å². The molecule has 0 N–H and O–H groups in total. The van der Waals surface area contributed by atoms with Gasteiger partial charge in [-0.2, -0.15) is 9.78 Å². The fourth-order valence-corrected chi connectivity index (χ4v) is 3.96. The second-order valence-corrected chi connectivity index (χ2v) is 7.43. The predicted molar refractivity (Wildman–Crippen MR) is 120 cm³/mol. The Kier molecular flexibility index (Phi) is 4.92. The van der Waals surface area contributed by atoms with Gasteiger partial charge in [-0.25, -0.2) is 0 Å². The monoisotopic (exact) mass is 411 g/mol. The quantitative estimate of drug-likeness (QED) is 0.518. The van der Waals surface area contributed by atoms with E-state index >= 15 is 0 Å². The molecule has 2 aromatic heterocycles. The van der Waals surface area contributed by atoms with Gasteiger partial charge in [-0.3, -0.25) is 14.6 Å². The normalized spacial score (nSPS) is 14.1. The van der Waals surface area contributed by atoms with Crippen LogP contribution in [0, 0.1) is 0 Å². The molecule has 7 heteroatoms. The van der Waals surface area contributed by atoms with Gasteiger partial charge in [0, 0.05) is 49.6 Å². The number of pyridine rings is 1. The second kappa shape index (κ2) is 8.02. The number of rotatable bonds is 3. The zero-order valence-electron chi connectivity index (χ0n) is 16.9. The lowest BCUT2D eigenvalue weighted by Gasteiger charge is -2.36. The number of hydrogen-bond acceptors (Lipinski definition) is 5. The van der Waals surface area contributed by atoms with E-state index in [2.05, 4.69) is 27.1 Å². The van der Waals surface area contributed by atoms with Gasteiger partial charge in [0.15, 0.2) is 5.69 Å². The summed E-state index contributed by atoms with van der Waals surface area (Å²) in [7, 11) is 0. The number of amides is 1. The largest absolute Gasteiger partial charge is 0.368 e. The molecule has 0 bridgehead atoms. The van der Waals surface area contributed by atoms with Gasteiger partial charge < -0.3 is 9.80 Å². The molecule has 1 aliphatic rings. The van der Waals surface area contributed by atoms with Crippen molar-refractivity contribution in [2.45, 2.75) is 0 Å². The molecule has 1 aliphatic heterocycles. The van der Waals surface area contributed by atoms with Crippen molar-refractivity contribution in [2.75, 3.05) is 31.1 Å². The molecule has 7 nitrogen and oxygen atoms in total. The third-order valence-corrected chi connectivity index (χ3v) is 5.60.